The van der Waals surface area contributed by atoms with Gasteiger partial charge in [0.1, 0.15) is 12.6 Å². The highest BCUT2D eigenvalue weighted by Crippen LogP contribution is 2.37. The van der Waals surface area contributed by atoms with Gasteiger partial charge in [-0.3, -0.25) is 9.59 Å². The summed E-state index contributed by atoms with van der Waals surface area (Å²) in [6, 6.07) is 15.6. The molecule has 0 unspecified atom stereocenters. The molecule has 2 heterocycles. The molecule has 4 rings (SSSR count). The van der Waals surface area contributed by atoms with E-state index in [-0.39, 0.29) is 27.8 Å². The van der Waals surface area contributed by atoms with E-state index >= 15 is 0 Å². The molecule has 0 fully saturated rings. The van der Waals surface area contributed by atoms with Crippen molar-refractivity contribution < 1.29 is 23.6 Å². The number of rotatable bonds is 6. The molecule has 0 aliphatic heterocycles. The number of anilines is 1. The average Bonchev–Trinajstić information content (AvgIpc) is 2.87. The molecule has 2 aromatic carbocycles. The van der Waals surface area contributed by atoms with Crippen molar-refractivity contribution in [2.45, 2.75) is 13.3 Å². The molecule has 0 saturated heterocycles. The average molecular weight is 507 g/mol. The standard InChI is InChI=1S/C27H24ClN3O5/c1-5-16-10-6-7-13-19(16)29-24(32)22-23(21-18(28)12-8-14-20(21)31(3)25(22)33)36-26-17(27(34)35-4)11-9-15-30(26)2/h6-15H,5H2,1-4H3/p+1. The first-order chi connectivity index (χ1) is 17.3. The van der Waals surface area contributed by atoms with Gasteiger partial charge in [-0.2, -0.15) is 4.57 Å². The molecule has 4 aromatic rings. The summed E-state index contributed by atoms with van der Waals surface area (Å²) in [5, 5.41) is 3.48. The maximum atomic E-state index is 13.6. The number of nitrogens with one attached hydrogen (secondary N) is 1. The number of methoxy groups -OCH3 is 1. The van der Waals surface area contributed by atoms with Gasteiger partial charge in [0.05, 0.1) is 23.0 Å². The minimum Gasteiger partial charge on any atom is -0.465 e. The topological polar surface area (TPSA) is 90.5 Å². The molecule has 184 valence electrons. The van der Waals surface area contributed by atoms with E-state index in [1.54, 1.807) is 61.3 Å². The third kappa shape index (κ3) is 4.43. The number of benzene rings is 2. The van der Waals surface area contributed by atoms with Crippen LogP contribution in [0.1, 0.15) is 33.2 Å². The van der Waals surface area contributed by atoms with Gasteiger partial charge >= 0.3 is 11.8 Å². The van der Waals surface area contributed by atoms with Gasteiger partial charge in [0.25, 0.3) is 11.5 Å². The first kappa shape index (κ1) is 24.9. The Morgan fingerprint density at radius 3 is 2.56 bits per heavy atom. The van der Waals surface area contributed by atoms with Crippen LogP contribution in [0.15, 0.2) is 65.6 Å². The second kappa shape index (κ2) is 10.2. The molecule has 0 spiro atoms. The Kier molecular flexibility index (Phi) is 7.07. The molecule has 0 atom stereocenters. The number of aromatic nitrogens is 2. The Bertz CT molecular complexity index is 1560. The number of hydrogen-bond donors (Lipinski definition) is 1. The molecule has 0 radical (unpaired) electrons. The molecule has 9 heteroatoms. The summed E-state index contributed by atoms with van der Waals surface area (Å²) in [5.74, 6) is -1.27. The summed E-state index contributed by atoms with van der Waals surface area (Å²) < 4.78 is 14.0. The lowest BCUT2D eigenvalue weighted by molar-refractivity contribution is -0.676. The Morgan fingerprint density at radius 1 is 1.08 bits per heavy atom. The Labute approximate surface area is 212 Å². The van der Waals surface area contributed by atoms with E-state index in [1.807, 2.05) is 19.1 Å². The predicted molar refractivity (Wildman–Crippen MR) is 137 cm³/mol. The lowest BCUT2D eigenvalue weighted by Gasteiger charge is -2.17. The highest BCUT2D eigenvalue weighted by Gasteiger charge is 2.30. The van der Waals surface area contributed by atoms with Gasteiger partial charge in [-0.1, -0.05) is 42.8 Å². The minimum absolute atomic E-state index is 0.0582. The number of para-hydroxylation sites is 1. The van der Waals surface area contributed by atoms with Crippen LogP contribution in [-0.2, 0) is 25.3 Å². The van der Waals surface area contributed by atoms with E-state index in [0.29, 0.717) is 23.0 Å². The Morgan fingerprint density at radius 2 is 1.83 bits per heavy atom. The number of halogens is 1. The number of aryl methyl sites for hydroxylation is 3. The number of pyridine rings is 2. The Hall–Kier alpha value is -4.17. The van der Waals surface area contributed by atoms with E-state index < -0.39 is 17.4 Å². The van der Waals surface area contributed by atoms with Crippen LogP contribution in [0.5, 0.6) is 11.6 Å². The molecule has 1 N–H and O–H groups in total. The normalized spacial score (nSPS) is 10.8. The summed E-state index contributed by atoms with van der Waals surface area (Å²) in [6.07, 6.45) is 2.35. The maximum Gasteiger partial charge on any atom is 0.388 e. The van der Waals surface area contributed by atoms with E-state index in [0.717, 1.165) is 5.56 Å². The zero-order valence-corrected chi connectivity index (χ0v) is 21.1. The van der Waals surface area contributed by atoms with Gasteiger partial charge in [0.15, 0.2) is 17.5 Å². The Balaban J connectivity index is 2.00. The highest BCUT2D eigenvalue weighted by molar-refractivity contribution is 6.36. The van der Waals surface area contributed by atoms with Crippen LogP contribution in [0.25, 0.3) is 10.9 Å². The van der Waals surface area contributed by atoms with Crippen molar-refractivity contribution >= 4 is 40.1 Å². The van der Waals surface area contributed by atoms with Crippen molar-refractivity contribution in [1.29, 1.82) is 0 Å². The van der Waals surface area contributed by atoms with E-state index in [9.17, 15) is 14.4 Å². The van der Waals surface area contributed by atoms with Crippen molar-refractivity contribution in [3.05, 3.63) is 92.9 Å². The van der Waals surface area contributed by atoms with E-state index in [2.05, 4.69) is 5.32 Å². The van der Waals surface area contributed by atoms with Crippen molar-refractivity contribution in [1.82, 2.24) is 4.57 Å². The van der Waals surface area contributed by atoms with Crippen LogP contribution in [-0.4, -0.2) is 23.6 Å². The molecule has 0 saturated carbocycles. The van der Waals surface area contributed by atoms with Crippen LogP contribution in [0.3, 0.4) is 0 Å². The van der Waals surface area contributed by atoms with Gasteiger partial charge in [-0.15, -0.1) is 0 Å². The van der Waals surface area contributed by atoms with Crippen molar-refractivity contribution in [2.24, 2.45) is 14.1 Å². The van der Waals surface area contributed by atoms with E-state index in [4.69, 9.17) is 21.1 Å². The molecule has 0 aliphatic carbocycles. The smallest absolute Gasteiger partial charge is 0.388 e. The van der Waals surface area contributed by atoms with Gasteiger partial charge in [0, 0.05) is 18.8 Å². The zero-order chi connectivity index (χ0) is 26.0. The largest absolute Gasteiger partial charge is 0.465 e. The summed E-state index contributed by atoms with van der Waals surface area (Å²) >= 11 is 6.58. The molecular formula is C27H25ClN3O5+. The molecular weight excluding hydrogens is 482 g/mol. The number of nitrogens with zero attached hydrogens (tertiary/aromatic N) is 2. The lowest BCUT2D eigenvalue weighted by Crippen LogP contribution is -2.33. The molecule has 2 aromatic heterocycles. The van der Waals surface area contributed by atoms with Crippen molar-refractivity contribution in [3.63, 3.8) is 0 Å². The number of carbonyl (C=O) groups is 2. The summed E-state index contributed by atoms with van der Waals surface area (Å²) in [7, 11) is 4.49. The van der Waals surface area contributed by atoms with Crippen molar-refractivity contribution in [3.8, 4) is 11.6 Å². The second-order valence-corrected chi connectivity index (χ2v) is 8.51. The first-order valence-electron chi connectivity index (χ1n) is 11.2. The second-order valence-electron chi connectivity index (χ2n) is 8.10. The number of hydrogen-bond acceptors (Lipinski definition) is 5. The third-order valence-electron chi connectivity index (χ3n) is 5.93. The van der Waals surface area contributed by atoms with E-state index in [1.165, 1.54) is 17.7 Å². The van der Waals surface area contributed by atoms with Crippen molar-refractivity contribution in [2.75, 3.05) is 12.4 Å². The fourth-order valence-corrected chi connectivity index (χ4v) is 4.30. The summed E-state index contributed by atoms with van der Waals surface area (Å²) in [4.78, 5) is 39.6. The minimum atomic E-state index is -0.661. The van der Waals surface area contributed by atoms with Gasteiger partial charge in [-0.05, 0) is 36.2 Å². The number of amides is 1. The maximum absolute atomic E-state index is 13.6. The van der Waals surface area contributed by atoms with Crippen LogP contribution in [0.2, 0.25) is 5.02 Å². The van der Waals surface area contributed by atoms with Crippen LogP contribution < -0.4 is 20.2 Å². The van der Waals surface area contributed by atoms with Gasteiger partial charge in [-0.25, -0.2) is 4.79 Å². The summed E-state index contributed by atoms with van der Waals surface area (Å²) in [5.41, 5.74) is 1.24. The number of carbonyl (C=O) groups excluding carboxylic acids is 2. The lowest BCUT2D eigenvalue weighted by atomic mass is 10.1. The third-order valence-corrected chi connectivity index (χ3v) is 6.24. The highest BCUT2D eigenvalue weighted by atomic mass is 35.5. The fraction of sp³-hybridized carbons (Fsp3) is 0.185. The number of ether oxygens (including phenoxy) is 2. The predicted octanol–water partition coefficient (Wildman–Crippen LogP) is 4.41. The summed E-state index contributed by atoms with van der Waals surface area (Å²) in [6.45, 7) is 1.97. The fourth-order valence-electron chi connectivity index (χ4n) is 4.04. The molecule has 8 nitrogen and oxygen atoms in total. The quantitative estimate of drug-likeness (QED) is 0.309. The molecule has 0 bridgehead atoms. The van der Waals surface area contributed by atoms with Crippen LogP contribution in [0, 0.1) is 0 Å². The monoisotopic (exact) mass is 506 g/mol. The zero-order valence-electron chi connectivity index (χ0n) is 20.3. The van der Waals surface area contributed by atoms with Crippen LogP contribution in [0.4, 0.5) is 5.69 Å². The van der Waals surface area contributed by atoms with Gasteiger partial charge < -0.3 is 19.4 Å². The number of fused-ring (bicyclic) bond motifs is 1. The SMILES string of the molecule is CCc1ccccc1NC(=O)c1c(Oc2c(C(=O)OC)ccc[n+]2C)c2c(Cl)cccc2n(C)c1=O. The first-order valence-corrected chi connectivity index (χ1v) is 11.6. The molecule has 36 heavy (non-hydrogen) atoms. The number of esters is 1. The van der Waals surface area contributed by atoms with Crippen LogP contribution >= 0.6 is 11.6 Å². The molecule has 1 amide bonds. The molecule has 0 aliphatic rings. The van der Waals surface area contributed by atoms with Gasteiger partial charge in [0.2, 0.25) is 0 Å².